The molecule has 0 N–H and O–H groups in total. The van der Waals surface area contributed by atoms with Crippen LogP contribution in [-0.4, -0.2) is 36.7 Å². The molecule has 90 valence electrons. The van der Waals surface area contributed by atoms with Crippen LogP contribution in [0.25, 0.3) is 0 Å². The number of morpholine rings is 1. The van der Waals surface area contributed by atoms with Crippen molar-refractivity contribution in [3.05, 3.63) is 0 Å². The van der Waals surface area contributed by atoms with Crippen molar-refractivity contribution < 1.29 is 4.74 Å². The van der Waals surface area contributed by atoms with Crippen LogP contribution in [0.3, 0.4) is 0 Å². The highest BCUT2D eigenvalue weighted by Crippen LogP contribution is 2.41. The fourth-order valence-electron chi connectivity index (χ4n) is 3.28. The Morgan fingerprint density at radius 1 is 1.31 bits per heavy atom. The van der Waals surface area contributed by atoms with Crippen molar-refractivity contribution in [3.8, 4) is 6.07 Å². The van der Waals surface area contributed by atoms with E-state index in [1.165, 1.54) is 12.8 Å². The van der Waals surface area contributed by atoms with Crippen LogP contribution in [0.1, 0.15) is 33.1 Å². The van der Waals surface area contributed by atoms with E-state index in [1.54, 1.807) is 0 Å². The van der Waals surface area contributed by atoms with Gasteiger partial charge >= 0.3 is 0 Å². The molecular weight excluding hydrogens is 200 g/mol. The molecule has 3 heteroatoms. The van der Waals surface area contributed by atoms with E-state index in [0.717, 1.165) is 32.7 Å². The second kappa shape index (κ2) is 4.73. The van der Waals surface area contributed by atoms with Crippen LogP contribution in [0.15, 0.2) is 0 Å². The minimum Gasteiger partial charge on any atom is -0.379 e. The average molecular weight is 222 g/mol. The summed E-state index contributed by atoms with van der Waals surface area (Å²) in [5.74, 6) is 1.14. The quantitative estimate of drug-likeness (QED) is 0.681. The molecule has 0 aromatic rings. The van der Waals surface area contributed by atoms with Crippen molar-refractivity contribution in [2.24, 2.45) is 11.8 Å². The number of nitrogens with zero attached hydrogens (tertiary/aromatic N) is 2. The molecule has 0 aromatic heterocycles. The molecule has 2 aliphatic rings. The lowest BCUT2D eigenvalue weighted by atomic mass is 9.68. The second-order valence-corrected chi connectivity index (χ2v) is 5.29. The Balaban J connectivity index is 2.19. The van der Waals surface area contributed by atoms with Crippen molar-refractivity contribution in [2.45, 2.75) is 38.6 Å². The Kier molecular flexibility index (Phi) is 3.51. The molecular formula is C13H22N2O. The molecule has 3 unspecified atom stereocenters. The lowest BCUT2D eigenvalue weighted by Crippen LogP contribution is -2.58. The van der Waals surface area contributed by atoms with Gasteiger partial charge in [-0.2, -0.15) is 5.26 Å². The molecule has 2 fully saturated rings. The lowest BCUT2D eigenvalue weighted by molar-refractivity contribution is -0.0443. The number of ether oxygens (including phenoxy) is 1. The van der Waals surface area contributed by atoms with Gasteiger partial charge < -0.3 is 4.74 Å². The second-order valence-electron chi connectivity index (χ2n) is 5.29. The van der Waals surface area contributed by atoms with Crippen LogP contribution in [-0.2, 0) is 4.74 Å². The zero-order chi connectivity index (χ0) is 11.6. The standard InChI is InChI=1S/C13H22N2O/c1-11-4-3-5-13(10-14,12(11)2)15-6-8-16-9-7-15/h11-12H,3-9H2,1-2H3. The summed E-state index contributed by atoms with van der Waals surface area (Å²) >= 11 is 0. The average Bonchev–Trinajstić information content (AvgIpc) is 2.34. The Morgan fingerprint density at radius 3 is 2.62 bits per heavy atom. The van der Waals surface area contributed by atoms with Gasteiger partial charge in [-0.3, -0.25) is 4.90 Å². The van der Waals surface area contributed by atoms with Gasteiger partial charge in [0.2, 0.25) is 0 Å². The predicted molar refractivity (Wildman–Crippen MR) is 62.9 cm³/mol. The molecule has 0 amide bonds. The summed E-state index contributed by atoms with van der Waals surface area (Å²) in [7, 11) is 0. The van der Waals surface area contributed by atoms with Gasteiger partial charge in [0.15, 0.2) is 0 Å². The highest BCUT2D eigenvalue weighted by Gasteiger charge is 2.46. The third kappa shape index (κ3) is 1.85. The van der Waals surface area contributed by atoms with Crippen molar-refractivity contribution in [3.63, 3.8) is 0 Å². The van der Waals surface area contributed by atoms with Gasteiger partial charge in [0, 0.05) is 13.1 Å². The first-order valence-electron chi connectivity index (χ1n) is 6.45. The zero-order valence-electron chi connectivity index (χ0n) is 10.4. The fraction of sp³-hybridized carbons (Fsp3) is 0.923. The molecule has 0 spiro atoms. The van der Waals surface area contributed by atoms with Crippen molar-refractivity contribution >= 4 is 0 Å². The van der Waals surface area contributed by atoms with E-state index in [-0.39, 0.29) is 5.54 Å². The zero-order valence-corrected chi connectivity index (χ0v) is 10.4. The van der Waals surface area contributed by atoms with Crippen LogP contribution in [0.4, 0.5) is 0 Å². The van der Waals surface area contributed by atoms with Gasteiger partial charge in [0.05, 0.1) is 19.3 Å². The molecule has 2 rings (SSSR count). The van der Waals surface area contributed by atoms with E-state index >= 15 is 0 Å². The molecule has 1 heterocycles. The Hall–Kier alpha value is -0.590. The first-order valence-corrected chi connectivity index (χ1v) is 6.45. The van der Waals surface area contributed by atoms with Crippen LogP contribution in [0.2, 0.25) is 0 Å². The van der Waals surface area contributed by atoms with Gasteiger partial charge in [-0.05, 0) is 18.3 Å². The maximum Gasteiger partial charge on any atom is 0.112 e. The SMILES string of the molecule is CC1CCCC(C#N)(N2CCOCC2)C1C. The summed E-state index contributed by atoms with van der Waals surface area (Å²) in [6.45, 7) is 7.95. The molecule has 1 saturated heterocycles. The minimum atomic E-state index is -0.221. The third-order valence-electron chi connectivity index (χ3n) is 4.59. The van der Waals surface area contributed by atoms with Crippen LogP contribution >= 0.6 is 0 Å². The van der Waals surface area contributed by atoms with Gasteiger partial charge in [-0.1, -0.05) is 26.7 Å². The third-order valence-corrected chi connectivity index (χ3v) is 4.59. The fourth-order valence-corrected chi connectivity index (χ4v) is 3.28. The number of rotatable bonds is 1. The van der Waals surface area contributed by atoms with E-state index in [1.807, 2.05) is 0 Å². The van der Waals surface area contributed by atoms with Gasteiger partial charge in [-0.25, -0.2) is 0 Å². The molecule has 1 aliphatic heterocycles. The summed E-state index contributed by atoms with van der Waals surface area (Å²) in [5.41, 5.74) is -0.221. The molecule has 3 atom stereocenters. The molecule has 0 bridgehead atoms. The molecule has 1 aliphatic carbocycles. The summed E-state index contributed by atoms with van der Waals surface area (Å²) in [4.78, 5) is 2.37. The number of hydrogen-bond donors (Lipinski definition) is 0. The smallest absolute Gasteiger partial charge is 0.112 e. The maximum absolute atomic E-state index is 9.65. The summed E-state index contributed by atoms with van der Waals surface area (Å²) < 4.78 is 5.39. The highest BCUT2D eigenvalue weighted by atomic mass is 16.5. The minimum absolute atomic E-state index is 0.221. The maximum atomic E-state index is 9.65. The van der Waals surface area contributed by atoms with Crippen LogP contribution < -0.4 is 0 Å². The highest BCUT2D eigenvalue weighted by molar-refractivity contribution is 5.14. The molecule has 3 nitrogen and oxygen atoms in total. The van der Waals surface area contributed by atoms with E-state index < -0.39 is 0 Å². The van der Waals surface area contributed by atoms with Crippen molar-refractivity contribution in [2.75, 3.05) is 26.3 Å². The molecule has 1 saturated carbocycles. The monoisotopic (exact) mass is 222 g/mol. The topological polar surface area (TPSA) is 36.3 Å². The van der Waals surface area contributed by atoms with Crippen molar-refractivity contribution in [1.29, 1.82) is 5.26 Å². The van der Waals surface area contributed by atoms with Gasteiger partial charge in [0.1, 0.15) is 5.54 Å². The Morgan fingerprint density at radius 2 is 2.00 bits per heavy atom. The van der Waals surface area contributed by atoms with E-state index in [2.05, 4.69) is 24.8 Å². The van der Waals surface area contributed by atoms with E-state index in [9.17, 15) is 5.26 Å². The summed E-state index contributed by atoms with van der Waals surface area (Å²) in [5, 5.41) is 9.65. The summed E-state index contributed by atoms with van der Waals surface area (Å²) in [6.07, 6.45) is 3.50. The van der Waals surface area contributed by atoms with Gasteiger partial charge in [0.25, 0.3) is 0 Å². The first kappa shape index (κ1) is 11.9. The predicted octanol–water partition coefficient (Wildman–Crippen LogP) is 2.04. The lowest BCUT2D eigenvalue weighted by Gasteiger charge is -2.49. The van der Waals surface area contributed by atoms with E-state index in [0.29, 0.717) is 11.8 Å². The first-order chi connectivity index (χ1) is 7.70. The number of nitriles is 1. The van der Waals surface area contributed by atoms with Gasteiger partial charge in [-0.15, -0.1) is 0 Å². The Labute approximate surface area is 98.4 Å². The number of hydrogen-bond acceptors (Lipinski definition) is 3. The molecule has 0 radical (unpaired) electrons. The largest absolute Gasteiger partial charge is 0.379 e. The summed E-state index contributed by atoms with van der Waals surface area (Å²) in [6, 6.07) is 2.64. The van der Waals surface area contributed by atoms with Crippen LogP contribution in [0, 0.1) is 23.2 Å². The van der Waals surface area contributed by atoms with E-state index in [4.69, 9.17) is 4.74 Å². The van der Waals surface area contributed by atoms with Crippen molar-refractivity contribution in [1.82, 2.24) is 4.90 Å². The molecule has 16 heavy (non-hydrogen) atoms. The Bertz CT molecular complexity index is 280. The normalized spacial score (nSPS) is 41.6. The molecule has 0 aromatic carbocycles. The van der Waals surface area contributed by atoms with Crippen LogP contribution in [0.5, 0.6) is 0 Å².